The molecule has 1 atom stereocenters. The normalized spacial score (nSPS) is 11.9. The van der Waals surface area contributed by atoms with Crippen LogP contribution < -0.4 is 14.4 Å². The van der Waals surface area contributed by atoms with E-state index in [-0.39, 0.29) is 33.8 Å². The molecule has 0 radical (unpaired) electrons. The van der Waals surface area contributed by atoms with Crippen LogP contribution in [0.1, 0.15) is 24.5 Å². The molecule has 0 fully saturated rings. The van der Waals surface area contributed by atoms with Crippen molar-refractivity contribution in [1.82, 2.24) is 10.2 Å². The van der Waals surface area contributed by atoms with Gasteiger partial charge in [-0.15, -0.1) is 0 Å². The number of carbonyl (C=O) groups is 2. The largest absolute Gasteiger partial charge is 0.495 e. The van der Waals surface area contributed by atoms with Crippen LogP contribution in [0.2, 0.25) is 10.0 Å². The van der Waals surface area contributed by atoms with Gasteiger partial charge in [0.25, 0.3) is 10.0 Å². The highest BCUT2D eigenvalue weighted by Crippen LogP contribution is 2.35. The quantitative estimate of drug-likeness (QED) is 0.336. The van der Waals surface area contributed by atoms with E-state index in [9.17, 15) is 18.0 Å². The molecule has 0 aromatic heterocycles. The van der Waals surface area contributed by atoms with Crippen LogP contribution in [0.25, 0.3) is 0 Å². The molecule has 0 spiro atoms. The van der Waals surface area contributed by atoms with Crippen molar-refractivity contribution in [2.24, 2.45) is 0 Å². The van der Waals surface area contributed by atoms with Crippen molar-refractivity contribution in [3.8, 4) is 5.75 Å². The lowest BCUT2D eigenvalue weighted by atomic mass is 10.1. The summed E-state index contributed by atoms with van der Waals surface area (Å²) in [6.45, 7) is 3.08. The fourth-order valence-corrected chi connectivity index (χ4v) is 5.79. The number of hydrogen-bond donors (Lipinski definition) is 1. The van der Waals surface area contributed by atoms with Crippen molar-refractivity contribution in [1.29, 1.82) is 0 Å². The Kier molecular flexibility index (Phi) is 10.2. The van der Waals surface area contributed by atoms with Crippen molar-refractivity contribution in [2.75, 3.05) is 25.0 Å². The highest BCUT2D eigenvalue weighted by molar-refractivity contribution is 7.92. The maximum atomic E-state index is 14.0. The number of likely N-dealkylation sites (N-methyl/N-ethyl adjacent to an activating group) is 1. The zero-order valence-corrected chi connectivity index (χ0v) is 24.5. The van der Waals surface area contributed by atoms with E-state index in [1.807, 2.05) is 6.92 Å². The predicted molar refractivity (Wildman–Crippen MR) is 154 cm³/mol. The minimum absolute atomic E-state index is 0.00878. The Hall–Kier alpha value is -3.27. The third-order valence-electron chi connectivity index (χ3n) is 6.20. The number of sulfonamides is 1. The SMILES string of the molecule is CC[C@@H](C(=O)NC)N(Cc1ccc(Cl)cc1)C(=O)CN(c1cc(Cl)ccc1OC)S(=O)(=O)c1ccc(C)cc1. The Bertz CT molecular complexity index is 1410. The Morgan fingerprint density at radius 1 is 0.974 bits per heavy atom. The highest BCUT2D eigenvalue weighted by atomic mass is 35.5. The summed E-state index contributed by atoms with van der Waals surface area (Å²) in [5, 5.41) is 3.38. The monoisotopic (exact) mass is 591 g/mol. The number of methoxy groups -OCH3 is 1. The molecule has 0 saturated carbocycles. The number of amides is 2. The molecule has 0 aliphatic heterocycles. The van der Waals surface area contributed by atoms with Gasteiger partial charge in [0, 0.05) is 23.6 Å². The molecular formula is C28H31Cl2N3O5S. The standard InChI is InChI=1S/C28H31Cl2N3O5S/c1-5-24(28(35)31-3)32(17-20-8-10-21(29)11-9-20)27(34)18-33(25-16-22(30)12-15-26(25)38-4)39(36,37)23-13-6-19(2)7-14-23/h6-16,24H,5,17-18H2,1-4H3,(H,31,35)/t24-/m0/s1. The molecule has 208 valence electrons. The van der Waals surface area contributed by atoms with Gasteiger partial charge in [0.1, 0.15) is 18.3 Å². The number of halogens is 2. The van der Waals surface area contributed by atoms with Gasteiger partial charge in [-0.2, -0.15) is 0 Å². The smallest absolute Gasteiger partial charge is 0.264 e. The van der Waals surface area contributed by atoms with Crippen LogP contribution in [-0.2, 0) is 26.2 Å². The van der Waals surface area contributed by atoms with E-state index in [0.29, 0.717) is 11.4 Å². The summed E-state index contributed by atoms with van der Waals surface area (Å²) in [5.74, 6) is -0.739. The second-order valence-corrected chi connectivity index (χ2v) is 11.6. The van der Waals surface area contributed by atoms with Crippen LogP contribution in [0, 0.1) is 6.92 Å². The average molecular weight is 593 g/mol. The number of rotatable bonds is 11. The molecule has 11 heteroatoms. The molecule has 39 heavy (non-hydrogen) atoms. The average Bonchev–Trinajstić information content (AvgIpc) is 2.92. The van der Waals surface area contributed by atoms with Crippen molar-refractivity contribution in [2.45, 2.75) is 37.8 Å². The fraction of sp³-hybridized carbons (Fsp3) is 0.286. The Balaban J connectivity index is 2.12. The van der Waals surface area contributed by atoms with E-state index in [0.717, 1.165) is 15.4 Å². The molecule has 0 aliphatic rings. The summed E-state index contributed by atoms with van der Waals surface area (Å²) in [5.41, 5.74) is 1.70. The third-order valence-corrected chi connectivity index (χ3v) is 8.46. The first-order valence-electron chi connectivity index (χ1n) is 12.2. The number of nitrogens with one attached hydrogen (secondary N) is 1. The van der Waals surface area contributed by atoms with E-state index in [1.165, 1.54) is 43.3 Å². The Morgan fingerprint density at radius 2 is 1.59 bits per heavy atom. The van der Waals surface area contributed by atoms with Gasteiger partial charge in [-0.25, -0.2) is 8.42 Å². The first-order valence-corrected chi connectivity index (χ1v) is 14.4. The molecule has 0 bridgehead atoms. The van der Waals surface area contributed by atoms with Gasteiger partial charge in [-0.1, -0.05) is 60.0 Å². The molecule has 3 aromatic carbocycles. The summed E-state index contributed by atoms with van der Waals surface area (Å²) < 4.78 is 34.3. The van der Waals surface area contributed by atoms with E-state index in [1.54, 1.807) is 49.4 Å². The molecule has 8 nitrogen and oxygen atoms in total. The molecule has 1 N–H and O–H groups in total. The van der Waals surface area contributed by atoms with Crippen molar-refractivity contribution in [3.05, 3.63) is 87.9 Å². The summed E-state index contributed by atoms with van der Waals surface area (Å²) in [6.07, 6.45) is 0.310. The Labute approximate surface area is 239 Å². The molecule has 0 saturated heterocycles. The number of carbonyl (C=O) groups excluding carboxylic acids is 2. The van der Waals surface area contributed by atoms with E-state index >= 15 is 0 Å². The van der Waals surface area contributed by atoms with Gasteiger partial charge in [0.05, 0.1) is 17.7 Å². The lowest BCUT2D eigenvalue weighted by molar-refractivity contribution is -0.140. The van der Waals surface area contributed by atoms with Gasteiger partial charge in [-0.05, 0) is 61.4 Å². The lowest BCUT2D eigenvalue weighted by Gasteiger charge is -2.33. The van der Waals surface area contributed by atoms with Gasteiger partial charge in [0.15, 0.2) is 0 Å². The number of nitrogens with zero attached hydrogens (tertiary/aromatic N) is 2. The van der Waals surface area contributed by atoms with Crippen LogP contribution in [0.4, 0.5) is 5.69 Å². The number of benzene rings is 3. The molecule has 3 aromatic rings. The minimum atomic E-state index is -4.26. The first kappa shape index (κ1) is 30.3. The van der Waals surface area contributed by atoms with Gasteiger partial charge >= 0.3 is 0 Å². The van der Waals surface area contributed by atoms with Crippen LogP contribution in [-0.4, -0.2) is 51.9 Å². The van der Waals surface area contributed by atoms with Gasteiger partial charge in [-0.3, -0.25) is 13.9 Å². The second kappa shape index (κ2) is 13.2. The second-order valence-electron chi connectivity index (χ2n) is 8.83. The summed E-state index contributed by atoms with van der Waals surface area (Å²) in [4.78, 5) is 28.1. The molecule has 0 heterocycles. The van der Waals surface area contributed by atoms with Crippen LogP contribution in [0.5, 0.6) is 5.75 Å². The zero-order chi connectivity index (χ0) is 28.7. The van der Waals surface area contributed by atoms with E-state index in [2.05, 4.69) is 5.32 Å². The van der Waals surface area contributed by atoms with E-state index in [4.69, 9.17) is 27.9 Å². The number of aryl methyl sites for hydroxylation is 1. The highest BCUT2D eigenvalue weighted by Gasteiger charge is 2.34. The van der Waals surface area contributed by atoms with Crippen LogP contribution in [0.15, 0.2) is 71.6 Å². The van der Waals surface area contributed by atoms with E-state index < -0.39 is 28.5 Å². The summed E-state index contributed by atoms with van der Waals surface area (Å²) in [7, 11) is -1.37. The predicted octanol–water partition coefficient (Wildman–Crippen LogP) is 5.06. The molecule has 0 aliphatic carbocycles. The number of ether oxygens (including phenoxy) is 1. The topological polar surface area (TPSA) is 96.0 Å². The fourth-order valence-electron chi connectivity index (χ4n) is 4.08. The van der Waals surface area contributed by atoms with Crippen molar-refractivity contribution in [3.63, 3.8) is 0 Å². The third kappa shape index (κ3) is 7.23. The van der Waals surface area contributed by atoms with Crippen LogP contribution in [0.3, 0.4) is 0 Å². The zero-order valence-electron chi connectivity index (χ0n) is 22.1. The maximum Gasteiger partial charge on any atom is 0.264 e. The minimum Gasteiger partial charge on any atom is -0.495 e. The number of anilines is 1. The van der Waals surface area contributed by atoms with Gasteiger partial charge in [0.2, 0.25) is 11.8 Å². The maximum absolute atomic E-state index is 14.0. The van der Waals surface area contributed by atoms with Crippen molar-refractivity contribution < 1.29 is 22.7 Å². The first-order chi connectivity index (χ1) is 18.5. The Morgan fingerprint density at radius 3 is 2.15 bits per heavy atom. The summed E-state index contributed by atoms with van der Waals surface area (Å²) in [6, 6.07) is 16.9. The van der Waals surface area contributed by atoms with Gasteiger partial charge < -0.3 is 15.0 Å². The molecular weight excluding hydrogens is 561 g/mol. The number of hydrogen-bond acceptors (Lipinski definition) is 5. The van der Waals surface area contributed by atoms with Crippen LogP contribution >= 0.6 is 23.2 Å². The molecule has 0 unspecified atom stereocenters. The lowest BCUT2D eigenvalue weighted by Crippen LogP contribution is -2.51. The van der Waals surface area contributed by atoms with Crippen molar-refractivity contribution >= 4 is 50.7 Å². The molecule has 2 amide bonds. The molecule has 3 rings (SSSR count). The summed E-state index contributed by atoms with van der Waals surface area (Å²) >= 11 is 12.3.